The van der Waals surface area contributed by atoms with Crippen molar-refractivity contribution in [3.63, 3.8) is 0 Å². The smallest absolute Gasteiger partial charge is 0.315 e. The van der Waals surface area contributed by atoms with Crippen LogP contribution in [0.5, 0.6) is 0 Å². The zero-order valence-electron chi connectivity index (χ0n) is 14.2. The van der Waals surface area contributed by atoms with Gasteiger partial charge in [0.25, 0.3) is 0 Å². The summed E-state index contributed by atoms with van der Waals surface area (Å²) in [5.74, 6) is 0.283. The number of carbonyl (C=O) groups is 1. The van der Waals surface area contributed by atoms with Crippen LogP contribution in [0.2, 0.25) is 0 Å². The predicted molar refractivity (Wildman–Crippen MR) is 95.8 cm³/mol. The van der Waals surface area contributed by atoms with Gasteiger partial charge < -0.3 is 20.5 Å². The minimum atomic E-state index is -0.187. The number of amides is 2. The highest BCUT2D eigenvalue weighted by Crippen LogP contribution is 2.33. The van der Waals surface area contributed by atoms with Gasteiger partial charge in [0.05, 0.1) is 12.7 Å². The lowest BCUT2D eigenvalue weighted by Crippen LogP contribution is -2.38. The Kier molecular flexibility index (Phi) is 6.04. The standard InChI is InChI=1S/C20H24N2O3/c23-14-16-6-4-5-15(11-16)12-21-20(24)22-13-18-9-10-25-19(18)17-7-2-1-3-8-17/h1-8,11,18-19,23H,9-10,12-14H2,(H2,21,22,24)/t18-,19-/m0/s1. The summed E-state index contributed by atoms with van der Waals surface area (Å²) < 4.78 is 5.84. The first-order chi connectivity index (χ1) is 12.3. The fourth-order valence-electron chi connectivity index (χ4n) is 3.16. The lowest BCUT2D eigenvalue weighted by molar-refractivity contribution is 0.0910. The number of hydrogen-bond donors (Lipinski definition) is 3. The van der Waals surface area contributed by atoms with Crippen molar-refractivity contribution in [1.82, 2.24) is 10.6 Å². The summed E-state index contributed by atoms with van der Waals surface area (Å²) in [7, 11) is 0. The average molecular weight is 340 g/mol. The summed E-state index contributed by atoms with van der Waals surface area (Å²) in [5, 5.41) is 15.0. The maximum absolute atomic E-state index is 12.1. The number of nitrogens with one attached hydrogen (secondary N) is 2. The highest BCUT2D eigenvalue weighted by Gasteiger charge is 2.29. The van der Waals surface area contributed by atoms with Crippen LogP contribution in [-0.4, -0.2) is 24.3 Å². The van der Waals surface area contributed by atoms with E-state index in [0.717, 1.165) is 29.7 Å². The molecule has 0 spiro atoms. The van der Waals surface area contributed by atoms with Crippen LogP contribution in [0.4, 0.5) is 4.79 Å². The molecule has 1 aliphatic heterocycles. The van der Waals surface area contributed by atoms with Crippen molar-refractivity contribution in [2.24, 2.45) is 5.92 Å². The molecule has 3 rings (SSSR count). The fourth-order valence-corrected chi connectivity index (χ4v) is 3.16. The van der Waals surface area contributed by atoms with E-state index < -0.39 is 0 Å². The molecule has 1 fully saturated rings. The third-order valence-corrected chi connectivity index (χ3v) is 4.49. The number of aliphatic hydroxyl groups excluding tert-OH is 1. The SMILES string of the molecule is O=C(NCc1cccc(CO)c1)NC[C@@H]1CCO[C@H]1c1ccccc1. The topological polar surface area (TPSA) is 70.6 Å². The normalized spacial score (nSPS) is 19.6. The summed E-state index contributed by atoms with van der Waals surface area (Å²) >= 11 is 0. The van der Waals surface area contributed by atoms with E-state index in [-0.39, 0.29) is 24.7 Å². The predicted octanol–water partition coefficient (Wildman–Crippen LogP) is 2.76. The van der Waals surface area contributed by atoms with E-state index in [1.165, 1.54) is 0 Å². The lowest BCUT2D eigenvalue weighted by atomic mass is 9.95. The van der Waals surface area contributed by atoms with Crippen molar-refractivity contribution in [3.8, 4) is 0 Å². The first-order valence-electron chi connectivity index (χ1n) is 8.63. The monoisotopic (exact) mass is 340 g/mol. The number of ether oxygens (including phenoxy) is 1. The van der Waals surface area contributed by atoms with Gasteiger partial charge in [0, 0.05) is 25.6 Å². The van der Waals surface area contributed by atoms with Gasteiger partial charge in [-0.05, 0) is 23.1 Å². The first-order valence-corrected chi connectivity index (χ1v) is 8.63. The Morgan fingerprint density at radius 2 is 1.88 bits per heavy atom. The molecule has 0 unspecified atom stereocenters. The Labute approximate surface area is 148 Å². The third-order valence-electron chi connectivity index (χ3n) is 4.49. The largest absolute Gasteiger partial charge is 0.392 e. The molecular formula is C20H24N2O3. The zero-order valence-corrected chi connectivity index (χ0v) is 14.2. The highest BCUT2D eigenvalue weighted by atomic mass is 16.5. The average Bonchev–Trinajstić information content (AvgIpc) is 3.14. The van der Waals surface area contributed by atoms with Gasteiger partial charge >= 0.3 is 6.03 Å². The van der Waals surface area contributed by atoms with E-state index >= 15 is 0 Å². The number of hydrogen-bond acceptors (Lipinski definition) is 3. The van der Waals surface area contributed by atoms with Crippen molar-refractivity contribution in [1.29, 1.82) is 0 Å². The molecule has 5 heteroatoms. The summed E-state index contributed by atoms with van der Waals surface area (Å²) in [6, 6.07) is 17.5. The second-order valence-corrected chi connectivity index (χ2v) is 6.29. The molecule has 5 nitrogen and oxygen atoms in total. The highest BCUT2D eigenvalue weighted by molar-refractivity contribution is 5.73. The zero-order chi connectivity index (χ0) is 17.5. The number of urea groups is 1. The van der Waals surface area contributed by atoms with Crippen LogP contribution in [0, 0.1) is 5.92 Å². The summed E-state index contributed by atoms with van der Waals surface area (Å²) in [6.45, 7) is 1.75. The van der Waals surface area contributed by atoms with Crippen LogP contribution in [-0.2, 0) is 17.9 Å². The molecule has 3 N–H and O–H groups in total. The molecular weight excluding hydrogens is 316 g/mol. The quantitative estimate of drug-likeness (QED) is 0.757. The molecule has 2 aromatic rings. The Morgan fingerprint density at radius 3 is 2.68 bits per heavy atom. The minimum Gasteiger partial charge on any atom is -0.392 e. The van der Waals surface area contributed by atoms with E-state index in [1.807, 2.05) is 42.5 Å². The lowest BCUT2D eigenvalue weighted by Gasteiger charge is -2.19. The molecule has 0 aliphatic carbocycles. The molecule has 1 heterocycles. The van der Waals surface area contributed by atoms with E-state index in [4.69, 9.17) is 9.84 Å². The van der Waals surface area contributed by atoms with Crippen molar-refractivity contribution in [3.05, 3.63) is 71.3 Å². The summed E-state index contributed by atoms with van der Waals surface area (Å²) in [6.07, 6.45) is 0.987. The maximum Gasteiger partial charge on any atom is 0.315 e. The van der Waals surface area contributed by atoms with Crippen molar-refractivity contribution in [2.45, 2.75) is 25.7 Å². The number of benzene rings is 2. The van der Waals surface area contributed by atoms with Gasteiger partial charge in [-0.1, -0.05) is 54.6 Å². The molecule has 1 aliphatic rings. The molecule has 1 saturated heterocycles. The van der Waals surface area contributed by atoms with Crippen LogP contribution in [0.25, 0.3) is 0 Å². The van der Waals surface area contributed by atoms with E-state index in [2.05, 4.69) is 22.8 Å². The Balaban J connectivity index is 1.47. The molecule has 2 atom stereocenters. The summed E-state index contributed by atoms with van der Waals surface area (Å²) in [4.78, 5) is 12.1. The molecule has 2 amide bonds. The van der Waals surface area contributed by atoms with Gasteiger partial charge in [-0.3, -0.25) is 0 Å². The van der Waals surface area contributed by atoms with Crippen LogP contribution in [0.3, 0.4) is 0 Å². The second kappa shape index (κ2) is 8.65. The van der Waals surface area contributed by atoms with Gasteiger partial charge in [-0.15, -0.1) is 0 Å². The molecule has 0 saturated carbocycles. The number of rotatable bonds is 6. The van der Waals surface area contributed by atoms with Gasteiger partial charge in [0.2, 0.25) is 0 Å². The molecule has 0 radical (unpaired) electrons. The van der Waals surface area contributed by atoms with Crippen LogP contribution < -0.4 is 10.6 Å². The number of carbonyl (C=O) groups excluding carboxylic acids is 1. The van der Waals surface area contributed by atoms with Crippen molar-refractivity contribution >= 4 is 6.03 Å². The Morgan fingerprint density at radius 1 is 1.08 bits per heavy atom. The van der Waals surface area contributed by atoms with Crippen molar-refractivity contribution < 1.29 is 14.6 Å². The second-order valence-electron chi connectivity index (χ2n) is 6.29. The van der Waals surface area contributed by atoms with Gasteiger partial charge in [0.15, 0.2) is 0 Å². The minimum absolute atomic E-state index is 0.00257. The van der Waals surface area contributed by atoms with Crippen molar-refractivity contribution in [2.75, 3.05) is 13.2 Å². The van der Waals surface area contributed by atoms with Gasteiger partial charge in [-0.25, -0.2) is 4.79 Å². The Hall–Kier alpha value is -2.37. The molecule has 25 heavy (non-hydrogen) atoms. The maximum atomic E-state index is 12.1. The molecule has 132 valence electrons. The summed E-state index contributed by atoms with van der Waals surface area (Å²) in [5.41, 5.74) is 2.97. The van der Waals surface area contributed by atoms with E-state index in [0.29, 0.717) is 13.1 Å². The van der Waals surface area contributed by atoms with Crippen LogP contribution >= 0.6 is 0 Å². The van der Waals surface area contributed by atoms with E-state index in [9.17, 15) is 4.79 Å². The van der Waals surface area contributed by atoms with E-state index in [1.54, 1.807) is 0 Å². The van der Waals surface area contributed by atoms with Gasteiger partial charge in [-0.2, -0.15) is 0 Å². The Bertz CT molecular complexity index is 690. The first kappa shape index (κ1) is 17.5. The third kappa shape index (κ3) is 4.81. The van der Waals surface area contributed by atoms with Crippen LogP contribution in [0.1, 0.15) is 29.2 Å². The molecule has 0 aromatic heterocycles. The van der Waals surface area contributed by atoms with Gasteiger partial charge in [0.1, 0.15) is 0 Å². The fraction of sp³-hybridized carbons (Fsp3) is 0.350. The van der Waals surface area contributed by atoms with Crippen LogP contribution in [0.15, 0.2) is 54.6 Å². The number of aliphatic hydroxyl groups is 1. The molecule has 0 bridgehead atoms. The molecule has 2 aromatic carbocycles.